The molecular formula is C84H79BrF7N11O10. The molecule has 0 unspecified atom stereocenters. The maximum Gasteiger partial charge on any atom is 0.375 e. The van der Waals surface area contributed by atoms with Gasteiger partial charge in [-0.15, -0.1) is 0 Å². The molecule has 0 aliphatic carbocycles. The van der Waals surface area contributed by atoms with Crippen LogP contribution >= 0.6 is 15.9 Å². The van der Waals surface area contributed by atoms with Crippen LogP contribution in [0.4, 0.5) is 30.7 Å². The first-order valence-corrected chi connectivity index (χ1v) is 37.2. The molecule has 0 radical (unpaired) electrons. The third kappa shape index (κ3) is 25.1. The van der Waals surface area contributed by atoms with Crippen LogP contribution < -0.4 is 5.32 Å². The van der Waals surface area contributed by atoms with Gasteiger partial charge in [0.2, 0.25) is 5.78 Å². The lowest BCUT2D eigenvalue weighted by molar-refractivity contribution is -0.153. The van der Waals surface area contributed by atoms with Gasteiger partial charge in [-0.25, -0.2) is 45.1 Å². The van der Waals surface area contributed by atoms with Crippen LogP contribution in [0.2, 0.25) is 0 Å². The van der Waals surface area contributed by atoms with Gasteiger partial charge in [-0.3, -0.25) is 43.0 Å². The summed E-state index contributed by atoms with van der Waals surface area (Å²) in [6, 6.07) is 50.4. The highest BCUT2D eigenvalue weighted by Crippen LogP contribution is 2.27. The Balaban J connectivity index is 0.000000152. The Labute approximate surface area is 654 Å². The SMILES string of the molecule is CC(=O)c1ccc(F)cc1.CCOC(=O)C(=O)CC(=O)c1ccc(F)cc1.CCOC(=O)c1cc(-c2ccc(F)cc2)n[nH]1.CCOC(=O)c1cc(-c2ccc(F)cc2)nn1CCBr.Fc1ccc(-c2cc3n(n2)CCCC3)cc1.Fc1ccc(-c2cc3n(n2)CCNC3)cc1.O=C1CCCn2nc(-c3ccc(F)cc3)cc21. The molecule has 3 aliphatic rings. The number of carbonyl (C=O) groups excluding carboxylic acids is 7. The summed E-state index contributed by atoms with van der Waals surface area (Å²) in [6.07, 6.45) is 4.43. The van der Waals surface area contributed by atoms with Gasteiger partial charge in [-0.2, -0.15) is 25.5 Å². The van der Waals surface area contributed by atoms with Crippen LogP contribution in [0.15, 0.2) is 200 Å². The summed E-state index contributed by atoms with van der Waals surface area (Å²) in [5.74, 6) is -5.32. The van der Waals surface area contributed by atoms with Crippen molar-refractivity contribution in [3.63, 3.8) is 0 Å². The molecule has 5 aromatic heterocycles. The number of nitrogens with one attached hydrogen (secondary N) is 2. The van der Waals surface area contributed by atoms with Crippen molar-refractivity contribution in [2.45, 2.75) is 98.9 Å². The average molecular weight is 1620 g/mol. The van der Waals surface area contributed by atoms with E-state index in [9.17, 15) is 64.3 Å². The minimum atomic E-state index is -1.03. The molecule has 12 aromatic rings. The van der Waals surface area contributed by atoms with E-state index >= 15 is 0 Å². The van der Waals surface area contributed by atoms with E-state index in [2.05, 4.69) is 73.4 Å². The van der Waals surface area contributed by atoms with Gasteiger partial charge in [-0.1, -0.05) is 15.9 Å². The van der Waals surface area contributed by atoms with Crippen LogP contribution in [0.1, 0.15) is 123 Å². The molecule has 0 fully saturated rings. The third-order valence-electron chi connectivity index (χ3n) is 17.0. The summed E-state index contributed by atoms with van der Waals surface area (Å²) in [5, 5.41) is 28.3. The van der Waals surface area contributed by atoms with Crippen molar-refractivity contribution in [3.8, 4) is 56.3 Å². The van der Waals surface area contributed by atoms with E-state index in [0.717, 1.165) is 103 Å². The van der Waals surface area contributed by atoms with Gasteiger partial charge in [0.1, 0.15) is 57.8 Å². The Morgan fingerprint density at radius 1 is 0.451 bits per heavy atom. The predicted octanol–water partition coefficient (Wildman–Crippen LogP) is 16.7. The number of fused-ring (bicyclic) bond motifs is 3. The number of alkyl halides is 1. The van der Waals surface area contributed by atoms with Crippen molar-refractivity contribution >= 4 is 57.0 Å². The number of H-pyrrole nitrogens is 1. The lowest BCUT2D eigenvalue weighted by atomic mass is 10.1. The molecule has 2 N–H and O–H groups in total. The molecule has 0 amide bonds. The van der Waals surface area contributed by atoms with Crippen LogP contribution in [0, 0.1) is 40.7 Å². The smallest absolute Gasteiger partial charge is 0.375 e. The summed E-state index contributed by atoms with van der Waals surface area (Å²) < 4.78 is 111. The lowest BCUT2D eigenvalue weighted by Gasteiger charge is -2.13. The van der Waals surface area contributed by atoms with Crippen molar-refractivity contribution in [2.24, 2.45) is 0 Å². The first-order chi connectivity index (χ1) is 54.5. The largest absolute Gasteiger partial charge is 0.461 e. The molecule has 113 heavy (non-hydrogen) atoms. The summed E-state index contributed by atoms with van der Waals surface area (Å²) in [4.78, 5) is 79.3. The Bertz CT molecular complexity index is 5020. The Morgan fingerprint density at radius 3 is 1.34 bits per heavy atom. The maximum atomic E-state index is 12.9. The third-order valence-corrected chi connectivity index (χ3v) is 17.4. The Hall–Kier alpha value is -12.4. The minimum Gasteiger partial charge on any atom is -0.461 e. The van der Waals surface area contributed by atoms with Crippen molar-refractivity contribution in [2.75, 3.05) is 31.7 Å². The van der Waals surface area contributed by atoms with Crippen LogP contribution in [0.3, 0.4) is 0 Å². The zero-order chi connectivity index (χ0) is 80.9. The Kier molecular flexibility index (Phi) is 31.6. The van der Waals surface area contributed by atoms with Gasteiger partial charge >= 0.3 is 17.9 Å². The fourth-order valence-electron chi connectivity index (χ4n) is 11.3. The van der Waals surface area contributed by atoms with E-state index in [1.807, 2.05) is 4.68 Å². The second-order valence-corrected chi connectivity index (χ2v) is 25.9. The average Bonchev–Trinajstić information content (AvgIpc) is 1.70. The summed E-state index contributed by atoms with van der Waals surface area (Å²) in [7, 11) is 0. The molecule has 0 saturated heterocycles. The second kappa shape index (κ2) is 42.2. The highest BCUT2D eigenvalue weighted by molar-refractivity contribution is 9.09. The van der Waals surface area contributed by atoms with Gasteiger partial charge < -0.3 is 19.5 Å². The van der Waals surface area contributed by atoms with E-state index in [4.69, 9.17) is 9.47 Å². The maximum absolute atomic E-state index is 12.9. The molecule has 21 nitrogen and oxygen atoms in total. The number of nitrogens with zero attached hydrogens (tertiary/aromatic N) is 9. The van der Waals surface area contributed by atoms with Gasteiger partial charge in [-0.05, 0) is 254 Å². The number of benzene rings is 7. The molecule has 0 saturated carbocycles. The number of ketones is 4. The number of ether oxygens (including phenoxy) is 3. The molecule has 0 bridgehead atoms. The van der Waals surface area contributed by atoms with Crippen molar-refractivity contribution < 1.29 is 78.5 Å². The number of carbonyl (C=O) groups is 7. The molecule has 3 aliphatic heterocycles. The fraction of sp³-hybridized carbons (Fsp3) is 0.238. The Morgan fingerprint density at radius 2 is 0.876 bits per heavy atom. The first-order valence-electron chi connectivity index (χ1n) is 36.0. The standard InChI is InChI=1S/C14H14BrFN2O2.C13H11FN2O.C13H13FN2.C12H12FN3.C12H11FN2O2.C12H11FO4.C8H7FO/c1-2-20-14(19)13-9-12(17-18(13)8-7-15)10-3-5-11(16)6-4-10;14-10-5-3-9(4-6-10)11-8-12-13(17)2-1-7-16(12)15-11;14-11-6-4-10(5-7-11)13-9-12-3-1-2-8-16(12)15-13;13-10-3-1-9(2-4-10)12-7-11-8-14-5-6-16(11)15-12;1-2-17-12(16)11-7-10(14-15-11)8-3-5-9(13)6-4-8;1-2-17-12(16)11(15)7-10(14)8-3-5-9(13)6-4-8;1-6(10)7-2-4-8(9)5-3-7/h3-6,9H,2,7-8H2,1H3;3-6,8H,1-2,7H2;4-7,9H,1-3,8H2;1-4,7,14H,5-6,8H2;3-7H,2H2,1H3,(H,14,15);3-6H,2,7H2,1H3;2-5H,1H3. The van der Waals surface area contributed by atoms with Gasteiger partial charge in [0.15, 0.2) is 17.3 Å². The monoisotopic (exact) mass is 1610 g/mol. The molecule has 15 rings (SSSR count). The number of esters is 3. The number of aromatic nitrogens is 10. The van der Waals surface area contributed by atoms with E-state index < -0.39 is 41.7 Å². The number of hydrogen-bond donors (Lipinski definition) is 2. The fourth-order valence-corrected chi connectivity index (χ4v) is 11.6. The lowest BCUT2D eigenvalue weighted by Crippen LogP contribution is -2.28. The topological polar surface area (TPSA) is 259 Å². The number of aromatic amines is 1. The van der Waals surface area contributed by atoms with Gasteiger partial charge in [0, 0.05) is 82.6 Å². The van der Waals surface area contributed by atoms with Crippen molar-refractivity contribution in [1.82, 2.24) is 54.6 Å². The minimum absolute atomic E-state index is 0.0417. The van der Waals surface area contributed by atoms with Gasteiger partial charge in [0.05, 0.1) is 73.5 Å². The molecule has 586 valence electrons. The summed E-state index contributed by atoms with van der Waals surface area (Å²) >= 11 is 3.32. The first kappa shape index (κ1) is 84.6. The highest BCUT2D eigenvalue weighted by Gasteiger charge is 2.23. The van der Waals surface area contributed by atoms with Crippen LogP contribution in [0.5, 0.6) is 0 Å². The molecule has 0 atom stereocenters. The van der Waals surface area contributed by atoms with E-state index in [0.29, 0.717) is 59.8 Å². The van der Waals surface area contributed by atoms with E-state index in [1.165, 1.54) is 128 Å². The quantitative estimate of drug-likeness (QED) is 0.0163. The van der Waals surface area contributed by atoms with E-state index in [-0.39, 0.29) is 64.3 Å². The van der Waals surface area contributed by atoms with Crippen LogP contribution in [-0.2, 0) is 62.9 Å². The molecule has 0 spiro atoms. The van der Waals surface area contributed by atoms with Crippen molar-refractivity contribution in [3.05, 3.63) is 281 Å². The summed E-state index contributed by atoms with van der Waals surface area (Å²) in [6.45, 7) is 12.2. The number of rotatable bonds is 17. The predicted molar refractivity (Wildman–Crippen MR) is 412 cm³/mol. The highest BCUT2D eigenvalue weighted by atomic mass is 79.9. The zero-order valence-corrected chi connectivity index (χ0v) is 63.6. The second-order valence-electron chi connectivity index (χ2n) is 25.1. The van der Waals surface area contributed by atoms with Crippen molar-refractivity contribution in [1.29, 1.82) is 0 Å². The molecule has 8 heterocycles. The summed E-state index contributed by atoms with van der Waals surface area (Å²) in [5.41, 5.74) is 12.6. The molecule has 7 aromatic carbocycles. The molecule has 29 heteroatoms. The number of hydrogen-bond acceptors (Lipinski definition) is 16. The number of aryl methyl sites for hydroxylation is 4. The zero-order valence-electron chi connectivity index (χ0n) is 62.0. The number of Topliss-reactive ketones (excluding diaryl/α,β-unsaturated/α-hetero) is 4. The van der Waals surface area contributed by atoms with Crippen LogP contribution in [-0.4, -0.2) is 122 Å². The normalized spacial score (nSPS) is 12.1. The van der Waals surface area contributed by atoms with E-state index in [1.54, 1.807) is 109 Å². The van der Waals surface area contributed by atoms with Crippen LogP contribution in [0.25, 0.3) is 56.3 Å². The molecular weight excluding hydrogens is 1540 g/mol. The van der Waals surface area contributed by atoms with Gasteiger partial charge in [0.25, 0.3) is 0 Å². The number of halogens is 8.